The molecule has 2 aromatic carbocycles. The number of unbranched alkanes of at least 4 members (excludes halogenated alkanes) is 1. The highest BCUT2D eigenvalue weighted by Gasteiger charge is 2.48. The molecule has 2 aromatic rings. The van der Waals surface area contributed by atoms with Crippen LogP contribution in [0.4, 0.5) is 24.5 Å². The molecule has 0 amide bonds. The summed E-state index contributed by atoms with van der Waals surface area (Å²) in [6.07, 6.45) is -0.729. The van der Waals surface area contributed by atoms with Crippen molar-refractivity contribution in [1.29, 1.82) is 0 Å². The number of anilines is 1. The van der Waals surface area contributed by atoms with Gasteiger partial charge in [0.05, 0.1) is 27.7 Å². The van der Waals surface area contributed by atoms with Crippen LogP contribution >= 0.6 is 0 Å². The van der Waals surface area contributed by atoms with Crippen molar-refractivity contribution >= 4 is 34.8 Å². The largest absolute Gasteiger partial charge is 0.506 e. The number of carboxylic acids is 2. The van der Waals surface area contributed by atoms with Crippen LogP contribution in [-0.4, -0.2) is 62.6 Å². The zero-order valence-electron chi connectivity index (χ0n) is 27.0. The van der Waals surface area contributed by atoms with Crippen molar-refractivity contribution in [3.8, 4) is 0 Å². The Kier molecular flexibility index (Phi) is 8.49. The first-order valence-corrected chi connectivity index (χ1v) is 15.6. The maximum Gasteiger partial charge on any atom is 0.389 e. The summed E-state index contributed by atoms with van der Waals surface area (Å²) in [6, 6.07) is 9.40. The minimum absolute atomic E-state index is 0.00796. The van der Waals surface area contributed by atoms with Gasteiger partial charge in [-0.15, -0.1) is 0 Å². The lowest BCUT2D eigenvalue weighted by molar-refractivity contribution is -0.439. The monoisotopic (exact) mass is 651 g/mol. The molecular formula is C36H38F3N2O6+. The molecule has 0 unspecified atom stereocenters. The predicted octanol–water partition coefficient (Wildman–Crippen LogP) is 7.60. The van der Waals surface area contributed by atoms with E-state index in [9.17, 15) is 42.9 Å². The number of carbonyl (C=O) groups is 3. The van der Waals surface area contributed by atoms with Gasteiger partial charge < -0.3 is 20.2 Å². The molecule has 0 radical (unpaired) electrons. The number of ketones is 1. The molecule has 0 atom stereocenters. The van der Waals surface area contributed by atoms with Crippen LogP contribution in [0, 0.1) is 0 Å². The summed E-state index contributed by atoms with van der Waals surface area (Å²) < 4.78 is 40.9. The highest BCUT2D eigenvalue weighted by Crippen LogP contribution is 2.50. The Morgan fingerprint density at radius 2 is 1.53 bits per heavy atom. The number of aliphatic hydroxyl groups excluding tert-OH is 1. The van der Waals surface area contributed by atoms with Crippen molar-refractivity contribution < 1.29 is 47.4 Å². The number of Topliss-reactive ketones (excluding diaryl/α,β-unsaturated/α-hetero) is 1. The van der Waals surface area contributed by atoms with Gasteiger partial charge >= 0.3 is 18.1 Å². The average Bonchev–Trinajstić information content (AvgIpc) is 3.34. The van der Waals surface area contributed by atoms with Gasteiger partial charge in [0.15, 0.2) is 5.71 Å². The number of aliphatic hydroxyl groups is 1. The molecule has 2 aliphatic heterocycles. The molecule has 0 spiro atoms. The standard InChI is InChI=1S/C36H37F3N2O6/c1-6-7-14-40-26-11-9-20(32(44)45)16-24(26)34(2,3)28(40)18-22-30(42)23(31(22)43)19-29-35(4,5)25-17-21(33(46)47)10-12-27(25)41(29)15-8-13-36(37,38)39/h9-12,16-19H,6-8,13-15H2,1-5H3,(H2-,42,43,44,45,46,47)/p+1. The van der Waals surface area contributed by atoms with Gasteiger partial charge in [-0.25, -0.2) is 9.59 Å². The van der Waals surface area contributed by atoms with Gasteiger partial charge in [0.2, 0.25) is 11.5 Å². The number of hydrogen-bond acceptors (Lipinski definition) is 5. The molecule has 47 heavy (non-hydrogen) atoms. The van der Waals surface area contributed by atoms with Crippen LogP contribution < -0.4 is 4.90 Å². The number of hydrogen-bond donors (Lipinski definition) is 3. The highest BCUT2D eigenvalue weighted by molar-refractivity contribution is 6.24. The van der Waals surface area contributed by atoms with Crippen molar-refractivity contribution in [3.63, 3.8) is 0 Å². The molecule has 0 aromatic heterocycles. The quantitative estimate of drug-likeness (QED) is 0.179. The number of allylic oxidation sites excluding steroid dienone is 5. The second kappa shape index (κ2) is 11.8. The number of carbonyl (C=O) groups excluding carboxylic acids is 1. The molecule has 0 saturated heterocycles. The molecule has 0 fully saturated rings. The SMILES string of the molecule is CCCCN1/C(=C/C2=C(O)C(=C\C3=[N+](CCCC(F)(F)F)c4ccc(C(=O)O)cc4C3(C)C)/C2=O)C(C)(C)c2cc(C(=O)O)ccc21. The van der Waals surface area contributed by atoms with E-state index in [4.69, 9.17) is 0 Å². The summed E-state index contributed by atoms with van der Waals surface area (Å²) in [5, 5.41) is 30.5. The van der Waals surface area contributed by atoms with Gasteiger partial charge in [-0.2, -0.15) is 17.7 Å². The topological polar surface area (TPSA) is 118 Å². The van der Waals surface area contributed by atoms with Crippen molar-refractivity contribution in [2.24, 2.45) is 0 Å². The molecule has 3 aliphatic rings. The predicted molar refractivity (Wildman–Crippen MR) is 171 cm³/mol. The molecule has 3 N–H and O–H groups in total. The van der Waals surface area contributed by atoms with Crippen molar-refractivity contribution in [2.45, 2.75) is 77.3 Å². The van der Waals surface area contributed by atoms with Crippen molar-refractivity contribution in [2.75, 3.05) is 18.0 Å². The highest BCUT2D eigenvalue weighted by atomic mass is 19.4. The lowest BCUT2D eigenvalue weighted by Crippen LogP contribution is -2.32. The van der Waals surface area contributed by atoms with E-state index < -0.39 is 41.1 Å². The zero-order chi connectivity index (χ0) is 34.6. The third-order valence-electron chi connectivity index (χ3n) is 9.42. The average molecular weight is 652 g/mol. The van der Waals surface area contributed by atoms with Crippen LogP contribution in [0.2, 0.25) is 0 Å². The van der Waals surface area contributed by atoms with Gasteiger partial charge in [-0.3, -0.25) is 4.79 Å². The maximum atomic E-state index is 13.7. The summed E-state index contributed by atoms with van der Waals surface area (Å²) in [4.78, 5) is 39.2. The minimum atomic E-state index is -4.36. The van der Waals surface area contributed by atoms with E-state index in [1.54, 1.807) is 48.8 Å². The number of carboxylic acid groups (broad SMARTS) is 2. The minimum Gasteiger partial charge on any atom is -0.506 e. The molecule has 0 saturated carbocycles. The number of halogens is 3. The van der Waals surface area contributed by atoms with Crippen LogP contribution in [0.3, 0.4) is 0 Å². The first kappa shape index (κ1) is 33.7. The van der Waals surface area contributed by atoms with Crippen LogP contribution in [0.5, 0.6) is 0 Å². The van der Waals surface area contributed by atoms with E-state index in [1.807, 2.05) is 18.7 Å². The van der Waals surface area contributed by atoms with Crippen molar-refractivity contribution in [3.05, 3.63) is 93.4 Å². The molecule has 8 nitrogen and oxygen atoms in total. The smallest absolute Gasteiger partial charge is 0.389 e. The second-order valence-electron chi connectivity index (χ2n) is 13.3. The van der Waals surface area contributed by atoms with Crippen LogP contribution in [0.1, 0.15) is 92.1 Å². The van der Waals surface area contributed by atoms with Gasteiger partial charge in [0, 0.05) is 53.9 Å². The fraction of sp³-hybridized carbons (Fsp3) is 0.389. The maximum absolute atomic E-state index is 13.7. The zero-order valence-corrected chi connectivity index (χ0v) is 27.0. The fourth-order valence-electron chi connectivity index (χ4n) is 6.76. The molecule has 248 valence electrons. The second-order valence-corrected chi connectivity index (χ2v) is 13.3. The van der Waals surface area contributed by atoms with Gasteiger partial charge in [0.25, 0.3) is 0 Å². The summed E-state index contributed by atoms with van der Waals surface area (Å²) in [7, 11) is 0. The Morgan fingerprint density at radius 3 is 2.11 bits per heavy atom. The van der Waals surface area contributed by atoms with Crippen molar-refractivity contribution in [1.82, 2.24) is 0 Å². The Morgan fingerprint density at radius 1 is 0.915 bits per heavy atom. The molecule has 11 heteroatoms. The fourth-order valence-corrected chi connectivity index (χ4v) is 6.76. The normalized spacial score (nSPS) is 19.8. The molecule has 0 bridgehead atoms. The summed E-state index contributed by atoms with van der Waals surface area (Å²) in [5.74, 6) is -2.89. The number of alkyl halides is 3. The Hall–Kier alpha value is -4.67. The third-order valence-corrected chi connectivity index (χ3v) is 9.42. The summed E-state index contributed by atoms with van der Waals surface area (Å²) in [5.41, 5.74) is 2.64. The molecule has 2 heterocycles. The Labute approximate surface area is 270 Å². The first-order valence-electron chi connectivity index (χ1n) is 15.6. The first-order chi connectivity index (χ1) is 21.9. The summed E-state index contributed by atoms with van der Waals surface area (Å²) >= 11 is 0. The lowest BCUT2D eigenvalue weighted by atomic mass is 9.77. The summed E-state index contributed by atoms with van der Waals surface area (Å²) in [6.45, 7) is 10.1. The van der Waals surface area contributed by atoms with E-state index in [0.29, 0.717) is 23.5 Å². The third kappa shape index (κ3) is 5.87. The van der Waals surface area contributed by atoms with Crippen LogP contribution in [-0.2, 0) is 15.6 Å². The van der Waals surface area contributed by atoms with Gasteiger partial charge in [-0.1, -0.05) is 27.2 Å². The number of benzene rings is 2. The molecular weight excluding hydrogens is 613 g/mol. The van der Waals surface area contributed by atoms with E-state index in [-0.39, 0.29) is 41.0 Å². The van der Waals surface area contributed by atoms with E-state index in [2.05, 4.69) is 6.92 Å². The Bertz CT molecular complexity index is 1830. The molecule has 1 aliphatic carbocycles. The number of aromatic carboxylic acids is 2. The number of fused-ring (bicyclic) bond motifs is 2. The van der Waals surface area contributed by atoms with E-state index in [0.717, 1.165) is 29.8 Å². The molecule has 5 rings (SSSR count). The van der Waals surface area contributed by atoms with Gasteiger partial charge in [-0.05, 0) is 62.2 Å². The van der Waals surface area contributed by atoms with Crippen LogP contribution in [0.15, 0.2) is 71.2 Å². The number of rotatable bonds is 10. The van der Waals surface area contributed by atoms with Gasteiger partial charge in [0.1, 0.15) is 12.3 Å². The van der Waals surface area contributed by atoms with E-state index >= 15 is 0 Å². The van der Waals surface area contributed by atoms with E-state index in [1.165, 1.54) is 18.2 Å². The number of nitrogens with zero attached hydrogens (tertiary/aromatic N) is 2. The Balaban J connectivity index is 1.58. The lowest BCUT2D eigenvalue weighted by Gasteiger charge is -2.29. The van der Waals surface area contributed by atoms with Crippen LogP contribution in [0.25, 0.3) is 0 Å².